The van der Waals surface area contributed by atoms with Gasteiger partial charge in [-0.15, -0.1) is 0 Å². The van der Waals surface area contributed by atoms with Gasteiger partial charge in [-0.25, -0.2) is 23.9 Å². The lowest BCUT2D eigenvalue weighted by Crippen LogP contribution is -2.21. The van der Waals surface area contributed by atoms with Crippen molar-refractivity contribution in [2.75, 3.05) is 18.2 Å². The minimum absolute atomic E-state index is 0.302. The van der Waals surface area contributed by atoms with Crippen LogP contribution in [0.4, 0.5) is 42.2 Å². The Morgan fingerprint density at radius 3 is 2.16 bits per heavy atom. The lowest BCUT2D eigenvalue weighted by atomic mass is 10.0. The van der Waals surface area contributed by atoms with E-state index < -0.39 is 30.3 Å². The van der Waals surface area contributed by atoms with Gasteiger partial charge in [0, 0.05) is 28.4 Å². The zero-order valence-corrected chi connectivity index (χ0v) is 25.5. The fraction of sp³-hybridized carbons (Fsp3) is 0.188. The molecular formula is C32H28F7N5O5. The van der Waals surface area contributed by atoms with Crippen LogP contribution in [0.15, 0.2) is 79.1 Å². The van der Waals surface area contributed by atoms with Crippen LogP contribution < -0.4 is 15.8 Å². The van der Waals surface area contributed by atoms with Crippen LogP contribution >= 0.6 is 0 Å². The molecule has 5 rings (SSSR count). The summed E-state index contributed by atoms with van der Waals surface area (Å²) in [4.78, 5) is 30.0. The normalized spacial score (nSPS) is 11.8. The number of hydrogen-bond acceptors (Lipinski definition) is 7. The van der Waals surface area contributed by atoms with Gasteiger partial charge >= 0.3 is 24.3 Å². The monoisotopic (exact) mass is 695 g/mol. The Balaban J connectivity index is 0.000000392. The Hall–Kier alpha value is -5.87. The zero-order chi connectivity index (χ0) is 36.5. The number of methoxy groups -OCH3 is 1. The molecule has 1 unspecified atom stereocenters. The third-order valence-corrected chi connectivity index (χ3v) is 6.64. The maximum Gasteiger partial charge on any atom is 0.490 e. The van der Waals surface area contributed by atoms with Crippen molar-refractivity contribution in [2.45, 2.75) is 31.7 Å². The van der Waals surface area contributed by atoms with Gasteiger partial charge in [0.2, 0.25) is 0 Å². The van der Waals surface area contributed by atoms with Crippen molar-refractivity contribution in [3.05, 3.63) is 102 Å². The molecule has 2 aromatic heterocycles. The molecule has 0 aliphatic heterocycles. The fourth-order valence-electron chi connectivity index (χ4n) is 4.27. The number of ether oxygens (including phenoxy) is 1. The lowest BCUT2D eigenvalue weighted by molar-refractivity contribution is -0.193. The average molecular weight is 696 g/mol. The minimum Gasteiger partial charge on any atom is -0.496 e. The van der Waals surface area contributed by atoms with E-state index in [1.54, 1.807) is 19.5 Å². The van der Waals surface area contributed by atoms with E-state index in [0.717, 1.165) is 45.5 Å². The molecule has 17 heteroatoms. The number of para-hydroxylation sites is 1. The summed E-state index contributed by atoms with van der Waals surface area (Å²) in [6.07, 6.45) is -5.95. The van der Waals surface area contributed by atoms with Crippen molar-refractivity contribution in [3.63, 3.8) is 0 Å². The Labute approximate surface area is 273 Å². The fourth-order valence-corrected chi connectivity index (χ4v) is 4.27. The quantitative estimate of drug-likeness (QED) is 0.109. The Kier molecular flexibility index (Phi) is 12.1. The largest absolute Gasteiger partial charge is 0.496 e. The molecule has 1 atom stereocenters. The van der Waals surface area contributed by atoms with Crippen molar-refractivity contribution in [2.24, 2.45) is 0 Å². The number of aryl methyl sites for hydroxylation is 1. The highest BCUT2D eigenvalue weighted by atomic mass is 19.4. The summed E-state index contributed by atoms with van der Waals surface area (Å²) in [5.41, 5.74) is 10.0. The maximum absolute atomic E-state index is 15.2. The van der Waals surface area contributed by atoms with Gasteiger partial charge in [0.15, 0.2) is 0 Å². The lowest BCUT2D eigenvalue weighted by Gasteiger charge is -2.20. The molecule has 260 valence electrons. The number of alkyl halides is 6. The van der Waals surface area contributed by atoms with Gasteiger partial charge in [0.25, 0.3) is 0 Å². The summed E-state index contributed by atoms with van der Waals surface area (Å²) in [5.74, 6) is -4.02. The Morgan fingerprint density at radius 1 is 0.939 bits per heavy atom. The van der Waals surface area contributed by atoms with Gasteiger partial charge in [-0.05, 0) is 59.8 Å². The van der Waals surface area contributed by atoms with Gasteiger partial charge in [-0.2, -0.15) is 26.3 Å². The van der Waals surface area contributed by atoms with Gasteiger partial charge in [-0.1, -0.05) is 31.2 Å². The zero-order valence-electron chi connectivity index (χ0n) is 25.5. The highest BCUT2D eigenvalue weighted by Crippen LogP contribution is 2.33. The van der Waals surface area contributed by atoms with Gasteiger partial charge in [0.05, 0.1) is 19.0 Å². The van der Waals surface area contributed by atoms with E-state index in [1.165, 1.54) is 6.07 Å². The van der Waals surface area contributed by atoms with Crippen molar-refractivity contribution < 1.29 is 55.3 Å². The van der Waals surface area contributed by atoms with Crippen molar-refractivity contribution in [1.29, 1.82) is 0 Å². The first-order valence-electron chi connectivity index (χ1n) is 13.9. The van der Waals surface area contributed by atoms with Gasteiger partial charge in [-0.3, -0.25) is 0 Å². The molecule has 10 nitrogen and oxygen atoms in total. The van der Waals surface area contributed by atoms with E-state index in [0.29, 0.717) is 17.2 Å². The summed E-state index contributed by atoms with van der Waals surface area (Å²) in [7, 11) is 1.63. The first kappa shape index (κ1) is 37.6. The van der Waals surface area contributed by atoms with E-state index in [9.17, 15) is 26.3 Å². The molecule has 2 heterocycles. The third kappa shape index (κ3) is 10.1. The van der Waals surface area contributed by atoms with E-state index in [1.807, 2.05) is 67.6 Å². The molecule has 0 fully saturated rings. The first-order chi connectivity index (χ1) is 23.0. The SMILES string of the molecule is CCc1ccc(F)c(C(Nc2ccc3c(N)nccc3c2)c2ncc(-c3ccccc3OC)[nH]2)c1.O=C(O)C(F)(F)F.O=C(O)C(F)(F)F. The van der Waals surface area contributed by atoms with Crippen LogP contribution in [-0.2, 0) is 16.0 Å². The molecular weight excluding hydrogens is 667 g/mol. The van der Waals surface area contributed by atoms with E-state index >= 15 is 4.39 Å². The number of rotatable bonds is 7. The molecule has 0 saturated carbocycles. The Bertz CT molecular complexity index is 1890. The Morgan fingerprint density at radius 2 is 1.57 bits per heavy atom. The summed E-state index contributed by atoms with van der Waals surface area (Å²) in [6, 6.07) is 20.1. The van der Waals surface area contributed by atoms with Crippen LogP contribution in [0.5, 0.6) is 5.75 Å². The standard InChI is InChI=1S/C28H26FN5O.2C2HF3O2/c1-3-17-8-11-23(29)22(14-17)26(33-19-9-10-20-18(15-19)12-13-31-27(20)30)28-32-16-24(34-28)21-6-4-5-7-25(21)35-2;2*3-2(4,5)1(6)7/h4-16,26,33H,3H2,1-2H3,(H2,30,31)(H,32,34);2*(H,6,7). The van der Waals surface area contributed by atoms with Crippen molar-refractivity contribution in [1.82, 2.24) is 15.0 Å². The highest BCUT2D eigenvalue weighted by molar-refractivity contribution is 5.93. The molecule has 0 bridgehead atoms. The molecule has 49 heavy (non-hydrogen) atoms. The van der Waals surface area contributed by atoms with E-state index in [2.05, 4.69) is 20.3 Å². The predicted molar refractivity (Wildman–Crippen MR) is 165 cm³/mol. The number of nitrogens with one attached hydrogen (secondary N) is 2. The molecule has 5 aromatic rings. The number of anilines is 2. The van der Waals surface area contributed by atoms with Crippen LogP contribution in [0.3, 0.4) is 0 Å². The molecule has 3 aromatic carbocycles. The number of H-pyrrole nitrogens is 1. The van der Waals surface area contributed by atoms with E-state index in [-0.39, 0.29) is 5.82 Å². The summed E-state index contributed by atoms with van der Waals surface area (Å²) < 4.78 is 84.2. The molecule has 0 amide bonds. The van der Waals surface area contributed by atoms with E-state index in [4.69, 9.17) is 30.3 Å². The number of pyridine rings is 1. The number of aromatic amines is 1. The number of carbonyl (C=O) groups is 2. The van der Waals surface area contributed by atoms with Crippen LogP contribution in [0, 0.1) is 5.82 Å². The molecule has 0 spiro atoms. The topological polar surface area (TPSA) is 163 Å². The number of benzene rings is 3. The number of aliphatic carboxylic acids is 2. The number of halogens is 7. The molecule has 0 aliphatic carbocycles. The van der Waals surface area contributed by atoms with Crippen LogP contribution in [-0.4, -0.2) is 56.6 Å². The van der Waals surface area contributed by atoms with Gasteiger partial charge in [0.1, 0.15) is 29.3 Å². The summed E-state index contributed by atoms with van der Waals surface area (Å²) in [5, 5.41) is 19.5. The minimum atomic E-state index is -5.08. The molecule has 0 saturated heterocycles. The number of carboxylic acids is 2. The smallest absolute Gasteiger partial charge is 0.490 e. The second-order valence-corrected chi connectivity index (χ2v) is 9.91. The van der Waals surface area contributed by atoms with Gasteiger partial charge < -0.3 is 31.0 Å². The molecule has 6 N–H and O–H groups in total. The van der Waals surface area contributed by atoms with Crippen molar-refractivity contribution >= 4 is 34.2 Å². The van der Waals surface area contributed by atoms with Crippen molar-refractivity contribution in [3.8, 4) is 17.0 Å². The number of hydrogen-bond donors (Lipinski definition) is 5. The second kappa shape index (κ2) is 15.8. The van der Waals surface area contributed by atoms with Crippen LogP contribution in [0.25, 0.3) is 22.0 Å². The third-order valence-electron chi connectivity index (χ3n) is 6.64. The average Bonchev–Trinajstić information content (AvgIpc) is 3.54. The first-order valence-corrected chi connectivity index (χ1v) is 13.9. The molecule has 0 aliphatic rings. The number of aromatic nitrogens is 3. The predicted octanol–water partition coefficient (Wildman–Crippen LogP) is 7.39. The number of fused-ring (bicyclic) bond motifs is 1. The summed E-state index contributed by atoms with van der Waals surface area (Å²) in [6.45, 7) is 2.05. The number of nitrogens with zero attached hydrogens (tertiary/aromatic N) is 2. The maximum atomic E-state index is 15.2. The second-order valence-electron chi connectivity index (χ2n) is 9.91. The number of nitrogens with two attached hydrogens (primary N) is 1. The number of carboxylic acid groups (broad SMARTS) is 2. The summed E-state index contributed by atoms with van der Waals surface area (Å²) >= 11 is 0. The van der Waals surface area contributed by atoms with Crippen LogP contribution in [0.2, 0.25) is 0 Å². The molecule has 0 radical (unpaired) electrons. The number of imidazole rings is 1. The number of nitrogen functional groups attached to an aromatic ring is 1. The van der Waals surface area contributed by atoms with Crippen LogP contribution in [0.1, 0.15) is 29.9 Å². The highest BCUT2D eigenvalue weighted by Gasteiger charge is 2.38.